The summed E-state index contributed by atoms with van der Waals surface area (Å²) in [5, 5.41) is 10.00. The number of aliphatic hydroxyl groups excluding tert-OH is 1. The van der Waals surface area contributed by atoms with Gasteiger partial charge in [0.25, 0.3) is 0 Å². The predicted octanol–water partition coefficient (Wildman–Crippen LogP) is 1.13. The Morgan fingerprint density at radius 3 is 2.74 bits per heavy atom. The number of rotatable bonds is 6. The van der Waals surface area contributed by atoms with Crippen LogP contribution in [0, 0.1) is 17.8 Å². The van der Waals surface area contributed by atoms with Gasteiger partial charge in [-0.3, -0.25) is 4.90 Å². The van der Waals surface area contributed by atoms with Gasteiger partial charge in [-0.2, -0.15) is 0 Å². The molecule has 1 saturated heterocycles. The molecule has 4 atom stereocenters. The average Bonchev–Trinajstić information content (AvgIpc) is 3.02. The number of morpholine rings is 1. The van der Waals surface area contributed by atoms with Gasteiger partial charge in [-0.25, -0.2) is 0 Å². The van der Waals surface area contributed by atoms with Crippen molar-refractivity contribution in [1.82, 2.24) is 4.90 Å². The highest BCUT2D eigenvalue weighted by molar-refractivity contribution is 4.89. The second kappa shape index (κ2) is 6.53. The fraction of sp³-hybridized carbons (Fsp3) is 1.00. The molecule has 2 aliphatic carbocycles. The van der Waals surface area contributed by atoms with E-state index in [0.717, 1.165) is 57.2 Å². The van der Waals surface area contributed by atoms with E-state index in [1.54, 1.807) is 0 Å². The Morgan fingerprint density at radius 2 is 2.05 bits per heavy atom. The van der Waals surface area contributed by atoms with Crippen LogP contribution in [0.5, 0.6) is 0 Å². The molecule has 0 unspecified atom stereocenters. The predicted molar refractivity (Wildman–Crippen MR) is 73.0 cm³/mol. The molecule has 3 aliphatic rings. The first kappa shape index (κ1) is 13.8. The molecule has 0 aromatic rings. The summed E-state index contributed by atoms with van der Waals surface area (Å²) in [5.41, 5.74) is 0. The Labute approximate surface area is 116 Å². The van der Waals surface area contributed by atoms with Crippen molar-refractivity contribution in [3.63, 3.8) is 0 Å². The van der Waals surface area contributed by atoms with Crippen LogP contribution in [-0.4, -0.2) is 62.2 Å². The van der Waals surface area contributed by atoms with Crippen LogP contribution in [0.2, 0.25) is 0 Å². The van der Waals surface area contributed by atoms with Crippen molar-refractivity contribution in [3.8, 4) is 0 Å². The Bertz CT molecular complexity index is 281. The largest absolute Gasteiger partial charge is 0.389 e. The molecule has 0 amide bonds. The molecule has 1 aliphatic heterocycles. The molecule has 3 rings (SSSR count). The van der Waals surface area contributed by atoms with E-state index < -0.39 is 0 Å². The van der Waals surface area contributed by atoms with Crippen LogP contribution in [0.25, 0.3) is 0 Å². The third kappa shape index (κ3) is 3.69. The van der Waals surface area contributed by atoms with Crippen molar-refractivity contribution in [2.75, 3.05) is 46.1 Å². The van der Waals surface area contributed by atoms with E-state index in [0.29, 0.717) is 6.61 Å². The molecule has 2 saturated carbocycles. The highest BCUT2D eigenvalue weighted by Gasteiger charge is 2.39. The lowest BCUT2D eigenvalue weighted by Crippen LogP contribution is -2.42. The van der Waals surface area contributed by atoms with Crippen molar-refractivity contribution in [2.24, 2.45) is 17.8 Å². The number of hydrogen-bond acceptors (Lipinski definition) is 4. The Morgan fingerprint density at radius 1 is 1.21 bits per heavy atom. The van der Waals surface area contributed by atoms with E-state index in [1.807, 2.05) is 0 Å². The van der Waals surface area contributed by atoms with Gasteiger partial charge in [-0.05, 0) is 37.0 Å². The second-order valence-corrected chi connectivity index (χ2v) is 6.54. The van der Waals surface area contributed by atoms with Gasteiger partial charge in [0.15, 0.2) is 0 Å². The minimum Gasteiger partial charge on any atom is -0.389 e. The minimum atomic E-state index is -0.350. The summed E-state index contributed by atoms with van der Waals surface area (Å²) in [7, 11) is 0. The van der Waals surface area contributed by atoms with Gasteiger partial charge < -0.3 is 14.6 Å². The number of hydrogen-bond donors (Lipinski definition) is 1. The lowest BCUT2D eigenvalue weighted by Gasteiger charge is -2.28. The summed E-state index contributed by atoms with van der Waals surface area (Å²) in [5.74, 6) is 2.67. The van der Waals surface area contributed by atoms with Crippen LogP contribution < -0.4 is 0 Å². The fourth-order valence-electron chi connectivity index (χ4n) is 4.07. The smallest absolute Gasteiger partial charge is 0.0900 e. The van der Waals surface area contributed by atoms with Crippen LogP contribution >= 0.6 is 0 Å². The minimum absolute atomic E-state index is 0.350. The maximum absolute atomic E-state index is 10.00. The molecule has 0 aromatic heterocycles. The van der Waals surface area contributed by atoms with Crippen LogP contribution in [-0.2, 0) is 9.47 Å². The van der Waals surface area contributed by atoms with Crippen molar-refractivity contribution < 1.29 is 14.6 Å². The van der Waals surface area contributed by atoms with Gasteiger partial charge in [0.1, 0.15) is 0 Å². The maximum atomic E-state index is 10.00. The van der Waals surface area contributed by atoms with E-state index >= 15 is 0 Å². The molecule has 19 heavy (non-hydrogen) atoms. The lowest BCUT2D eigenvalue weighted by molar-refractivity contribution is -0.0232. The SMILES string of the molecule is O[C@@H](COC[C@@H]1C[C@H]2CC[C@H]1C2)CN1CCOCC1. The number of ether oxygens (including phenoxy) is 2. The quantitative estimate of drug-likeness (QED) is 0.785. The normalized spacial score (nSPS) is 36.8. The van der Waals surface area contributed by atoms with Gasteiger partial charge in [-0.15, -0.1) is 0 Å². The molecule has 4 nitrogen and oxygen atoms in total. The van der Waals surface area contributed by atoms with Crippen molar-refractivity contribution >= 4 is 0 Å². The Balaban J connectivity index is 1.29. The molecule has 3 fully saturated rings. The zero-order chi connectivity index (χ0) is 13.1. The standard InChI is InChI=1S/C15H27NO3/c17-15(9-16-3-5-18-6-4-16)11-19-10-14-8-12-1-2-13(14)7-12/h12-15,17H,1-11H2/t12-,13-,14-,15+/m0/s1. The summed E-state index contributed by atoms with van der Waals surface area (Å²) in [6, 6.07) is 0. The molecular formula is C15H27NO3. The summed E-state index contributed by atoms with van der Waals surface area (Å²) in [4.78, 5) is 2.26. The zero-order valence-electron chi connectivity index (χ0n) is 11.8. The average molecular weight is 269 g/mol. The van der Waals surface area contributed by atoms with Gasteiger partial charge >= 0.3 is 0 Å². The monoisotopic (exact) mass is 269 g/mol. The number of fused-ring (bicyclic) bond motifs is 2. The molecule has 0 aromatic carbocycles. The van der Waals surface area contributed by atoms with Crippen molar-refractivity contribution in [3.05, 3.63) is 0 Å². The molecule has 1 heterocycles. The summed E-state index contributed by atoms with van der Waals surface area (Å²) in [6.07, 6.45) is 5.31. The lowest BCUT2D eigenvalue weighted by atomic mass is 9.90. The number of nitrogens with zero attached hydrogens (tertiary/aromatic N) is 1. The van der Waals surface area contributed by atoms with E-state index in [1.165, 1.54) is 25.7 Å². The van der Waals surface area contributed by atoms with E-state index in [9.17, 15) is 5.11 Å². The molecular weight excluding hydrogens is 242 g/mol. The third-order valence-electron chi connectivity index (χ3n) is 5.10. The Hall–Kier alpha value is -0.160. The first-order valence-corrected chi connectivity index (χ1v) is 7.87. The molecule has 0 radical (unpaired) electrons. The van der Waals surface area contributed by atoms with Crippen molar-refractivity contribution in [2.45, 2.75) is 31.8 Å². The van der Waals surface area contributed by atoms with E-state index in [-0.39, 0.29) is 6.10 Å². The zero-order valence-corrected chi connectivity index (χ0v) is 11.8. The number of β-amino-alcohol motifs (C(OH)–C–C–N with tert-alkyl or cyclic N) is 1. The first-order chi connectivity index (χ1) is 9.31. The number of aliphatic hydroxyl groups is 1. The van der Waals surface area contributed by atoms with Crippen LogP contribution in [0.4, 0.5) is 0 Å². The fourth-order valence-corrected chi connectivity index (χ4v) is 4.07. The molecule has 0 spiro atoms. The Kier molecular flexibility index (Phi) is 4.74. The van der Waals surface area contributed by atoms with Gasteiger partial charge in [0.05, 0.1) is 25.9 Å². The molecule has 2 bridgehead atoms. The van der Waals surface area contributed by atoms with Crippen LogP contribution in [0.15, 0.2) is 0 Å². The van der Waals surface area contributed by atoms with E-state index in [4.69, 9.17) is 9.47 Å². The van der Waals surface area contributed by atoms with Gasteiger partial charge in [0, 0.05) is 26.2 Å². The van der Waals surface area contributed by atoms with Crippen LogP contribution in [0.3, 0.4) is 0 Å². The maximum Gasteiger partial charge on any atom is 0.0900 e. The summed E-state index contributed by atoms with van der Waals surface area (Å²) in [6.45, 7) is 5.52. The highest BCUT2D eigenvalue weighted by atomic mass is 16.5. The summed E-state index contributed by atoms with van der Waals surface area (Å²) >= 11 is 0. The third-order valence-corrected chi connectivity index (χ3v) is 5.10. The van der Waals surface area contributed by atoms with Gasteiger partial charge in [0.2, 0.25) is 0 Å². The topological polar surface area (TPSA) is 41.9 Å². The summed E-state index contributed by atoms with van der Waals surface area (Å²) < 4.78 is 11.1. The molecule has 1 N–H and O–H groups in total. The van der Waals surface area contributed by atoms with Gasteiger partial charge in [-0.1, -0.05) is 6.42 Å². The highest BCUT2D eigenvalue weighted by Crippen LogP contribution is 2.48. The first-order valence-electron chi connectivity index (χ1n) is 7.87. The second-order valence-electron chi connectivity index (χ2n) is 6.54. The van der Waals surface area contributed by atoms with E-state index in [2.05, 4.69) is 4.90 Å². The van der Waals surface area contributed by atoms with Crippen molar-refractivity contribution in [1.29, 1.82) is 0 Å². The molecule has 4 heteroatoms. The van der Waals surface area contributed by atoms with Crippen LogP contribution in [0.1, 0.15) is 25.7 Å². The molecule has 110 valence electrons.